The van der Waals surface area contributed by atoms with Crippen molar-refractivity contribution in [2.45, 2.75) is 77.5 Å². The SMILES string of the molecule is CC1(C)c2ccccc2C(C)(C)N1c1cncc(N2C(C)(C)c3ccccc3C2(C)C)c1. The molecule has 0 saturated carbocycles. The van der Waals surface area contributed by atoms with Crippen molar-refractivity contribution in [3.05, 3.63) is 89.2 Å². The maximum atomic E-state index is 4.78. The molecule has 0 spiro atoms. The third-order valence-electron chi connectivity index (χ3n) is 7.95. The van der Waals surface area contributed by atoms with Gasteiger partial charge in [-0.1, -0.05) is 48.5 Å². The largest absolute Gasteiger partial charge is 0.352 e. The van der Waals surface area contributed by atoms with Gasteiger partial charge in [0.2, 0.25) is 0 Å². The van der Waals surface area contributed by atoms with Crippen LogP contribution in [0.2, 0.25) is 0 Å². The number of fused-ring (bicyclic) bond motifs is 2. The van der Waals surface area contributed by atoms with E-state index in [4.69, 9.17) is 4.98 Å². The van der Waals surface area contributed by atoms with Gasteiger partial charge in [-0.05, 0) is 83.7 Å². The fourth-order valence-corrected chi connectivity index (χ4v) is 6.93. The van der Waals surface area contributed by atoms with Crippen molar-refractivity contribution in [2.24, 2.45) is 0 Å². The Morgan fingerprint density at radius 3 is 1.06 bits per heavy atom. The third kappa shape index (κ3) is 2.57. The number of aromatic nitrogens is 1. The number of anilines is 2. The molecular weight excluding hydrogens is 390 g/mol. The molecule has 0 radical (unpaired) electrons. The molecule has 0 saturated heterocycles. The lowest BCUT2D eigenvalue weighted by atomic mass is 9.91. The summed E-state index contributed by atoms with van der Waals surface area (Å²) in [5.74, 6) is 0. The zero-order valence-corrected chi connectivity index (χ0v) is 20.7. The lowest BCUT2D eigenvalue weighted by Gasteiger charge is -2.45. The van der Waals surface area contributed by atoms with Gasteiger partial charge in [0.1, 0.15) is 0 Å². The molecule has 3 nitrogen and oxygen atoms in total. The fraction of sp³-hybridized carbons (Fsp3) is 0.414. The molecule has 0 unspecified atom stereocenters. The summed E-state index contributed by atoms with van der Waals surface area (Å²) >= 11 is 0. The van der Waals surface area contributed by atoms with Crippen LogP contribution in [0.25, 0.3) is 0 Å². The summed E-state index contributed by atoms with van der Waals surface area (Å²) in [7, 11) is 0. The van der Waals surface area contributed by atoms with Gasteiger partial charge in [-0.3, -0.25) is 4.98 Å². The molecule has 2 aliphatic heterocycles. The Labute approximate surface area is 193 Å². The Hall–Kier alpha value is -2.81. The van der Waals surface area contributed by atoms with E-state index in [9.17, 15) is 0 Å². The van der Waals surface area contributed by atoms with Crippen LogP contribution in [-0.2, 0) is 22.2 Å². The summed E-state index contributed by atoms with van der Waals surface area (Å²) in [6, 6.07) is 20.1. The van der Waals surface area contributed by atoms with Crippen molar-refractivity contribution in [1.29, 1.82) is 0 Å². The van der Waals surface area contributed by atoms with E-state index in [0.717, 1.165) is 11.4 Å². The first-order valence-corrected chi connectivity index (χ1v) is 11.7. The highest BCUT2D eigenvalue weighted by molar-refractivity contribution is 5.69. The van der Waals surface area contributed by atoms with Crippen LogP contribution >= 0.6 is 0 Å². The number of pyridine rings is 1. The molecule has 0 amide bonds. The monoisotopic (exact) mass is 425 g/mol. The zero-order chi connectivity index (χ0) is 23.1. The molecule has 0 bridgehead atoms. The summed E-state index contributed by atoms with van der Waals surface area (Å²) in [5.41, 5.74) is 7.40. The van der Waals surface area contributed by atoms with E-state index < -0.39 is 0 Å². The predicted octanol–water partition coefficient (Wildman–Crippen LogP) is 7.06. The molecule has 32 heavy (non-hydrogen) atoms. The number of hydrogen-bond donors (Lipinski definition) is 0. The van der Waals surface area contributed by atoms with Gasteiger partial charge in [0, 0.05) is 0 Å². The summed E-state index contributed by atoms with van der Waals surface area (Å²) in [5, 5.41) is 0. The lowest BCUT2D eigenvalue weighted by Crippen LogP contribution is -2.47. The van der Waals surface area contributed by atoms with Gasteiger partial charge in [-0.15, -0.1) is 0 Å². The van der Waals surface area contributed by atoms with Gasteiger partial charge in [0.05, 0.1) is 45.9 Å². The third-order valence-corrected chi connectivity index (χ3v) is 7.95. The molecular formula is C29H35N3. The fourth-order valence-electron chi connectivity index (χ4n) is 6.93. The Morgan fingerprint density at radius 2 is 0.781 bits per heavy atom. The van der Waals surface area contributed by atoms with Crippen LogP contribution in [0.5, 0.6) is 0 Å². The molecule has 2 aromatic carbocycles. The molecule has 0 atom stereocenters. The van der Waals surface area contributed by atoms with Crippen molar-refractivity contribution in [3.8, 4) is 0 Å². The highest BCUT2D eigenvalue weighted by Crippen LogP contribution is 2.54. The number of rotatable bonds is 2. The molecule has 3 heteroatoms. The molecule has 3 heterocycles. The molecule has 166 valence electrons. The van der Waals surface area contributed by atoms with Crippen molar-refractivity contribution in [3.63, 3.8) is 0 Å². The highest BCUT2D eigenvalue weighted by atomic mass is 15.3. The van der Waals surface area contributed by atoms with Gasteiger partial charge in [0.25, 0.3) is 0 Å². The average molecular weight is 426 g/mol. The van der Waals surface area contributed by atoms with Crippen LogP contribution in [0.1, 0.15) is 77.6 Å². The van der Waals surface area contributed by atoms with Crippen molar-refractivity contribution in [2.75, 3.05) is 9.80 Å². The Kier molecular flexibility index (Phi) is 4.19. The van der Waals surface area contributed by atoms with Crippen molar-refractivity contribution in [1.82, 2.24) is 4.98 Å². The second-order valence-corrected chi connectivity index (χ2v) is 11.4. The Morgan fingerprint density at radius 1 is 0.500 bits per heavy atom. The van der Waals surface area contributed by atoms with Crippen LogP contribution < -0.4 is 9.80 Å². The first-order valence-electron chi connectivity index (χ1n) is 11.7. The molecule has 5 rings (SSSR count). The minimum Gasteiger partial charge on any atom is -0.352 e. The molecule has 0 fully saturated rings. The van der Waals surface area contributed by atoms with E-state index in [1.807, 2.05) is 12.4 Å². The van der Waals surface area contributed by atoms with Gasteiger partial charge >= 0.3 is 0 Å². The molecule has 2 aliphatic rings. The summed E-state index contributed by atoms with van der Waals surface area (Å²) in [6.07, 6.45) is 4.06. The highest BCUT2D eigenvalue weighted by Gasteiger charge is 2.51. The van der Waals surface area contributed by atoms with E-state index in [-0.39, 0.29) is 22.2 Å². The van der Waals surface area contributed by atoms with E-state index in [1.165, 1.54) is 22.3 Å². The van der Waals surface area contributed by atoms with Gasteiger partial charge in [-0.25, -0.2) is 0 Å². The first kappa shape index (κ1) is 21.1. The summed E-state index contributed by atoms with van der Waals surface area (Å²) in [6.45, 7) is 18.6. The van der Waals surface area contributed by atoms with Crippen LogP contribution in [0.3, 0.4) is 0 Å². The van der Waals surface area contributed by atoms with Crippen LogP contribution in [0.4, 0.5) is 11.4 Å². The van der Waals surface area contributed by atoms with Crippen LogP contribution in [0, 0.1) is 0 Å². The minimum absolute atomic E-state index is 0.126. The Bertz CT molecular complexity index is 1040. The van der Waals surface area contributed by atoms with Crippen LogP contribution in [-0.4, -0.2) is 4.98 Å². The van der Waals surface area contributed by atoms with E-state index in [1.54, 1.807) is 0 Å². The van der Waals surface area contributed by atoms with E-state index >= 15 is 0 Å². The van der Waals surface area contributed by atoms with Gasteiger partial charge in [-0.2, -0.15) is 0 Å². The lowest BCUT2D eigenvalue weighted by molar-refractivity contribution is 0.397. The van der Waals surface area contributed by atoms with Crippen molar-refractivity contribution < 1.29 is 0 Å². The second kappa shape index (κ2) is 6.37. The molecule has 0 aliphatic carbocycles. The predicted molar refractivity (Wildman–Crippen MR) is 134 cm³/mol. The zero-order valence-electron chi connectivity index (χ0n) is 20.7. The normalized spacial score (nSPS) is 21.4. The molecule has 3 aromatic rings. The maximum absolute atomic E-state index is 4.78. The number of hydrogen-bond acceptors (Lipinski definition) is 3. The smallest absolute Gasteiger partial charge is 0.0610 e. The quantitative estimate of drug-likeness (QED) is 0.438. The topological polar surface area (TPSA) is 19.4 Å². The van der Waals surface area contributed by atoms with Gasteiger partial charge in [0.15, 0.2) is 0 Å². The van der Waals surface area contributed by atoms with E-state index in [0.29, 0.717) is 0 Å². The summed E-state index contributed by atoms with van der Waals surface area (Å²) < 4.78 is 0. The van der Waals surface area contributed by atoms with Crippen molar-refractivity contribution >= 4 is 11.4 Å². The maximum Gasteiger partial charge on any atom is 0.0610 e. The number of benzene rings is 2. The standard InChI is InChI=1S/C29H35N3/c1-26(2)22-13-9-10-14-23(22)27(3,4)31(26)20-17-21(19-30-18-20)32-28(5,6)24-15-11-12-16-25(24)29(32,7)8/h9-19H,1-8H3. The van der Waals surface area contributed by atoms with E-state index in [2.05, 4.69) is 120 Å². The average Bonchev–Trinajstić information content (AvgIpc) is 3.00. The summed E-state index contributed by atoms with van der Waals surface area (Å²) in [4.78, 5) is 9.87. The Balaban J connectivity index is 1.65. The second-order valence-electron chi connectivity index (χ2n) is 11.4. The molecule has 1 aromatic heterocycles. The van der Waals surface area contributed by atoms with Gasteiger partial charge < -0.3 is 9.80 Å². The molecule has 0 N–H and O–H groups in total. The first-order chi connectivity index (χ1) is 14.9. The minimum atomic E-state index is -0.126. The van der Waals surface area contributed by atoms with Crippen LogP contribution in [0.15, 0.2) is 67.0 Å². The number of nitrogens with zero attached hydrogens (tertiary/aromatic N) is 3.